The highest BCUT2D eigenvalue weighted by Crippen LogP contribution is 2.26. The van der Waals surface area contributed by atoms with Crippen LogP contribution < -0.4 is 10.2 Å². The Morgan fingerprint density at radius 3 is 2.92 bits per heavy atom. The molecule has 0 saturated carbocycles. The second kappa shape index (κ2) is 7.44. The quantitative estimate of drug-likeness (QED) is 0.440. The number of fused-ring (bicyclic) bond motifs is 1. The number of hydrazone groups is 1. The molecule has 1 N–H and O–H groups in total. The first-order chi connectivity index (χ1) is 11.8. The van der Waals surface area contributed by atoms with Crippen LogP contribution in [0.4, 0.5) is 0 Å². The molecule has 1 heterocycles. The molecule has 3 rings (SSSR count). The highest BCUT2D eigenvalue weighted by molar-refractivity contribution is 7.12. The van der Waals surface area contributed by atoms with Crippen molar-refractivity contribution >= 4 is 34.2 Å². The average Bonchev–Trinajstić information content (AvgIpc) is 3.15. The summed E-state index contributed by atoms with van der Waals surface area (Å²) in [5.74, 6) is 2.83. The van der Waals surface area contributed by atoms with E-state index in [0.717, 1.165) is 16.3 Å². The van der Waals surface area contributed by atoms with Crippen molar-refractivity contribution in [2.24, 2.45) is 5.10 Å². The van der Waals surface area contributed by atoms with Crippen molar-refractivity contribution in [1.29, 1.82) is 0 Å². The summed E-state index contributed by atoms with van der Waals surface area (Å²) >= 11 is 1.36. The van der Waals surface area contributed by atoms with Gasteiger partial charge in [-0.15, -0.1) is 17.8 Å². The summed E-state index contributed by atoms with van der Waals surface area (Å²) in [5, 5.41) is 7.93. The van der Waals surface area contributed by atoms with E-state index < -0.39 is 0 Å². The van der Waals surface area contributed by atoms with E-state index in [2.05, 4.69) is 16.4 Å². The summed E-state index contributed by atoms with van der Waals surface area (Å²) in [4.78, 5) is 12.5. The molecule has 0 unspecified atom stereocenters. The number of rotatable bonds is 5. The minimum absolute atomic E-state index is 0.167. The van der Waals surface area contributed by atoms with Gasteiger partial charge in [-0.05, 0) is 28.3 Å². The fraction of sp³-hybridized carbons (Fsp3) is 0.0526. The van der Waals surface area contributed by atoms with Gasteiger partial charge in [-0.25, -0.2) is 5.43 Å². The average molecular weight is 334 g/mol. The maximum Gasteiger partial charge on any atom is 0.281 e. The molecule has 0 aliphatic carbocycles. The lowest BCUT2D eigenvalue weighted by atomic mass is 10.0. The lowest BCUT2D eigenvalue weighted by Gasteiger charge is -2.09. The molecule has 118 valence electrons. The van der Waals surface area contributed by atoms with Gasteiger partial charge in [0.2, 0.25) is 0 Å². The number of carbonyl (C=O) groups is 1. The van der Waals surface area contributed by atoms with Gasteiger partial charge in [0, 0.05) is 5.56 Å². The maximum absolute atomic E-state index is 11.9. The number of ether oxygens (including phenoxy) is 1. The summed E-state index contributed by atoms with van der Waals surface area (Å²) in [6.45, 7) is 0.167. The molecular formula is C19H14N2O2S. The molecule has 0 spiro atoms. The third-order valence-electron chi connectivity index (χ3n) is 3.35. The highest BCUT2D eigenvalue weighted by Gasteiger charge is 2.08. The molecule has 2 aromatic carbocycles. The molecule has 0 radical (unpaired) electrons. The van der Waals surface area contributed by atoms with Crippen LogP contribution in [0, 0.1) is 12.3 Å². The Balaban J connectivity index is 1.89. The van der Waals surface area contributed by atoms with E-state index in [-0.39, 0.29) is 12.5 Å². The van der Waals surface area contributed by atoms with Crippen molar-refractivity contribution in [1.82, 2.24) is 5.43 Å². The largest absolute Gasteiger partial charge is 0.480 e. The minimum atomic E-state index is -0.243. The third-order valence-corrected chi connectivity index (χ3v) is 4.22. The van der Waals surface area contributed by atoms with Gasteiger partial charge >= 0.3 is 0 Å². The molecule has 24 heavy (non-hydrogen) atoms. The maximum atomic E-state index is 11.9. The van der Waals surface area contributed by atoms with Gasteiger partial charge in [0.25, 0.3) is 5.91 Å². The van der Waals surface area contributed by atoms with Crippen LogP contribution in [-0.4, -0.2) is 18.7 Å². The Morgan fingerprint density at radius 1 is 1.25 bits per heavy atom. The predicted octanol–water partition coefficient (Wildman–Crippen LogP) is 3.68. The van der Waals surface area contributed by atoms with Crippen molar-refractivity contribution in [2.75, 3.05) is 6.61 Å². The van der Waals surface area contributed by atoms with E-state index in [1.165, 1.54) is 11.3 Å². The molecule has 1 aromatic heterocycles. The number of hydrogen-bond donors (Lipinski definition) is 1. The van der Waals surface area contributed by atoms with Crippen LogP contribution in [0.5, 0.6) is 5.75 Å². The van der Waals surface area contributed by atoms with Crippen LogP contribution in [0.3, 0.4) is 0 Å². The fourth-order valence-corrected chi connectivity index (χ4v) is 2.89. The number of thiophene rings is 1. The van der Waals surface area contributed by atoms with Crippen LogP contribution in [-0.2, 0) is 0 Å². The molecule has 0 atom stereocenters. The number of carbonyl (C=O) groups excluding carboxylic acids is 1. The number of nitrogens with one attached hydrogen (secondary N) is 1. The van der Waals surface area contributed by atoms with Gasteiger partial charge < -0.3 is 4.74 Å². The van der Waals surface area contributed by atoms with Crippen molar-refractivity contribution in [3.63, 3.8) is 0 Å². The number of terminal acetylenes is 1. The van der Waals surface area contributed by atoms with E-state index in [1.54, 1.807) is 12.3 Å². The molecular weight excluding hydrogens is 320 g/mol. The van der Waals surface area contributed by atoms with Crippen molar-refractivity contribution < 1.29 is 9.53 Å². The first-order valence-corrected chi connectivity index (χ1v) is 8.12. The molecule has 0 fully saturated rings. The lowest BCUT2D eigenvalue weighted by Crippen LogP contribution is -2.16. The Hall–Kier alpha value is -3.10. The first kappa shape index (κ1) is 15.8. The van der Waals surface area contributed by atoms with Gasteiger partial charge in [0.1, 0.15) is 12.4 Å². The van der Waals surface area contributed by atoms with Gasteiger partial charge in [-0.3, -0.25) is 4.79 Å². The fourth-order valence-electron chi connectivity index (χ4n) is 2.27. The zero-order chi connectivity index (χ0) is 16.8. The van der Waals surface area contributed by atoms with Crippen molar-refractivity contribution in [3.8, 4) is 18.1 Å². The van der Waals surface area contributed by atoms with E-state index in [1.807, 2.05) is 47.8 Å². The molecule has 0 aliphatic heterocycles. The Labute approximate surface area is 143 Å². The van der Waals surface area contributed by atoms with E-state index in [9.17, 15) is 4.79 Å². The van der Waals surface area contributed by atoms with Crippen molar-refractivity contribution in [3.05, 3.63) is 64.4 Å². The number of amides is 1. The molecule has 3 aromatic rings. The van der Waals surface area contributed by atoms with Crippen molar-refractivity contribution in [2.45, 2.75) is 0 Å². The van der Waals surface area contributed by atoms with Crippen LogP contribution in [0.15, 0.2) is 59.0 Å². The first-order valence-electron chi connectivity index (χ1n) is 7.24. The molecule has 4 nitrogen and oxygen atoms in total. The number of nitrogens with zero attached hydrogens (tertiary/aromatic N) is 1. The third kappa shape index (κ3) is 3.45. The molecule has 1 amide bonds. The normalized spacial score (nSPS) is 10.6. The van der Waals surface area contributed by atoms with Crippen LogP contribution in [0.2, 0.25) is 0 Å². The summed E-state index contributed by atoms with van der Waals surface area (Å²) in [5.41, 5.74) is 3.30. The summed E-state index contributed by atoms with van der Waals surface area (Å²) in [6.07, 6.45) is 6.85. The molecule has 0 bridgehead atoms. The van der Waals surface area contributed by atoms with Gasteiger partial charge in [-0.1, -0.05) is 42.3 Å². The van der Waals surface area contributed by atoms with Gasteiger partial charge in [-0.2, -0.15) is 5.10 Å². The van der Waals surface area contributed by atoms with E-state index >= 15 is 0 Å². The second-order valence-corrected chi connectivity index (χ2v) is 5.82. The van der Waals surface area contributed by atoms with Crippen LogP contribution >= 0.6 is 11.3 Å². The SMILES string of the molecule is C#CCOc1ccc2ccccc2c1/C=N\NC(=O)c1cccs1. The zero-order valence-electron chi connectivity index (χ0n) is 12.7. The van der Waals surface area contributed by atoms with E-state index in [4.69, 9.17) is 11.2 Å². The Kier molecular flexibility index (Phi) is 4.90. The topological polar surface area (TPSA) is 50.7 Å². The van der Waals surface area contributed by atoms with Gasteiger partial charge in [0.05, 0.1) is 11.1 Å². The number of hydrogen-bond acceptors (Lipinski definition) is 4. The van der Waals surface area contributed by atoms with E-state index in [0.29, 0.717) is 10.6 Å². The minimum Gasteiger partial charge on any atom is -0.480 e. The second-order valence-electron chi connectivity index (χ2n) is 4.87. The summed E-state index contributed by atoms with van der Waals surface area (Å²) in [7, 11) is 0. The predicted molar refractivity (Wildman–Crippen MR) is 97.7 cm³/mol. The summed E-state index contributed by atoms with van der Waals surface area (Å²) in [6, 6.07) is 15.3. The molecule has 5 heteroatoms. The smallest absolute Gasteiger partial charge is 0.281 e. The van der Waals surface area contributed by atoms with Crippen LogP contribution in [0.1, 0.15) is 15.2 Å². The lowest BCUT2D eigenvalue weighted by molar-refractivity contribution is 0.0959. The zero-order valence-corrected chi connectivity index (χ0v) is 13.5. The highest BCUT2D eigenvalue weighted by atomic mass is 32.1. The van der Waals surface area contributed by atoms with Crippen LogP contribution in [0.25, 0.3) is 10.8 Å². The molecule has 0 aliphatic rings. The summed E-state index contributed by atoms with van der Waals surface area (Å²) < 4.78 is 5.59. The van der Waals surface area contributed by atoms with Gasteiger partial charge in [0.15, 0.2) is 0 Å². The monoisotopic (exact) mass is 334 g/mol. The standard InChI is InChI=1S/C19H14N2O2S/c1-2-11-23-17-10-9-14-6-3-4-7-15(14)16(17)13-20-21-19(22)18-8-5-12-24-18/h1,3-10,12-13H,11H2,(H,21,22)/b20-13-. The Bertz CT molecular complexity index is 924. The Morgan fingerprint density at radius 2 is 2.12 bits per heavy atom. The molecule has 0 saturated heterocycles. The number of benzene rings is 2.